The lowest BCUT2D eigenvalue weighted by atomic mass is 10.2. The summed E-state index contributed by atoms with van der Waals surface area (Å²) in [6.45, 7) is 1.79. The average Bonchev–Trinajstić information content (AvgIpc) is 2.94. The Labute approximate surface area is 172 Å². The van der Waals surface area contributed by atoms with Crippen molar-refractivity contribution in [2.24, 2.45) is 0 Å². The van der Waals surface area contributed by atoms with E-state index in [-0.39, 0.29) is 17.5 Å². The van der Waals surface area contributed by atoms with Crippen molar-refractivity contribution in [3.63, 3.8) is 0 Å². The molecule has 0 bridgehead atoms. The molecule has 0 spiro atoms. The van der Waals surface area contributed by atoms with Crippen LogP contribution < -0.4 is 14.5 Å². The quantitative estimate of drug-likeness (QED) is 0.626. The summed E-state index contributed by atoms with van der Waals surface area (Å²) in [5.74, 6) is 0.755. The van der Waals surface area contributed by atoms with Crippen LogP contribution in [0.1, 0.15) is 6.92 Å². The number of carbonyl (C=O) groups excluding carboxylic acids is 1. The van der Waals surface area contributed by atoms with Crippen LogP contribution in [0.15, 0.2) is 72.8 Å². The number of hydrogen-bond acceptors (Lipinski definition) is 4. The molecular formula is C22H17FN2O3S. The minimum atomic E-state index is -0.472. The van der Waals surface area contributed by atoms with Crippen LogP contribution in [-0.2, 0) is 4.79 Å². The molecule has 1 heterocycles. The summed E-state index contributed by atoms with van der Waals surface area (Å²) >= 11 is 5.56. The maximum atomic E-state index is 13.0. The van der Waals surface area contributed by atoms with Crippen LogP contribution in [0.2, 0.25) is 0 Å². The molecule has 7 heteroatoms. The van der Waals surface area contributed by atoms with Gasteiger partial charge in [0.15, 0.2) is 5.11 Å². The van der Waals surface area contributed by atoms with Gasteiger partial charge in [-0.1, -0.05) is 0 Å². The first-order valence-electron chi connectivity index (χ1n) is 8.94. The van der Waals surface area contributed by atoms with E-state index in [1.165, 1.54) is 29.2 Å². The number of amides is 1. The van der Waals surface area contributed by atoms with Gasteiger partial charge in [-0.3, -0.25) is 9.69 Å². The van der Waals surface area contributed by atoms with Gasteiger partial charge in [-0.25, -0.2) is 4.39 Å². The fourth-order valence-electron chi connectivity index (χ4n) is 3.15. The summed E-state index contributed by atoms with van der Waals surface area (Å²) in [7, 11) is 0. The van der Waals surface area contributed by atoms with Crippen LogP contribution in [0.3, 0.4) is 0 Å². The first-order chi connectivity index (χ1) is 13.9. The lowest BCUT2D eigenvalue weighted by Gasteiger charge is -2.22. The van der Waals surface area contributed by atoms with E-state index in [0.29, 0.717) is 22.3 Å². The molecule has 1 unspecified atom stereocenters. The van der Waals surface area contributed by atoms with Crippen molar-refractivity contribution in [1.82, 2.24) is 0 Å². The zero-order chi connectivity index (χ0) is 20.5. The zero-order valence-corrected chi connectivity index (χ0v) is 16.3. The van der Waals surface area contributed by atoms with Crippen LogP contribution in [0, 0.1) is 5.82 Å². The lowest BCUT2D eigenvalue weighted by Crippen LogP contribution is -2.33. The van der Waals surface area contributed by atoms with Gasteiger partial charge in [0.2, 0.25) is 0 Å². The molecule has 146 valence electrons. The maximum absolute atomic E-state index is 13.0. The first-order valence-corrected chi connectivity index (χ1v) is 9.34. The van der Waals surface area contributed by atoms with Crippen molar-refractivity contribution in [3.8, 4) is 17.2 Å². The number of phenols is 1. The number of carbonyl (C=O) groups is 1. The second-order valence-electron chi connectivity index (χ2n) is 6.57. The summed E-state index contributed by atoms with van der Waals surface area (Å²) in [4.78, 5) is 16.0. The highest BCUT2D eigenvalue weighted by Crippen LogP contribution is 2.32. The highest BCUT2D eigenvalue weighted by Gasteiger charge is 2.41. The van der Waals surface area contributed by atoms with Gasteiger partial charge in [0.05, 0.1) is 5.69 Å². The van der Waals surface area contributed by atoms with Gasteiger partial charge < -0.3 is 14.7 Å². The van der Waals surface area contributed by atoms with Gasteiger partial charge in [-0.2, -0.15) is 0 Å². The third kappa shape index (κ3) is 3.64. The molecule has 5 nitrogen and oxygen atoms in total. The predicted molar refractivity (Wildman–Crippen MR) is 113 cm³/mol. The third-order valence-electron chi connectivity index (χ3n) is 4.63. The number of nitrogens with zero attached hydrogens (tertiary/aromatic N) is 2. The van der Waals surface area contributed by atoms with E-state index in [2.05, 4.69) is 0 Å². The summed E-state index contributed by atoms with van der Waals surface area (Å²) in [5, 5.41) is 9.84. The normalized spacial score (nSPS) is 16.4. The van der Waals surface area contributed by atoms with Gasteiger partial charge in [-0.15, -0.1) is 0 Å². The minimum Gasteiger partial charge on any atom is -0.508 e. The van der Waals surface area contributed by atoms with Crippen LogP contribution in [-0.4, -0.2) is 22.2 Å². The molecular weight excluding hydrogens is 391 g/mol. The lowest BCUT2D eigenvalue weighted by molar-refractivity contribution is -0.117. The number of rotatable bonds is 4. The van der Waals surface area contributed by atoms with Crippen LogP contribution in [0.5, 0.6) is 17.2 Å². The van der Waals surface area contributed by atoms with Gasteiger partial charge in [0.1, 0.15) is 29.1 Å². The van der Waals surface area contributed by atoms with Crippen molar-refractivity contribution >= 4 is 34.6 Å². The smallest absolute Gasteiger partial charge is 0.256 e. The molecule has 4 rings (SSSR count). The molecule has 0 aromatic heterocycles. The van der Waals surface area contributed by atoms with Crippen molar-refractivity contribution in [2.45, 2.75) is 13.0 Å². The van der Waals surface area contributed by atoms with Gasteiger partial charge >= 0.3 is 0 Å². The monoisotopic (exact) mass is 408 g/mol. The molecule has 1 N–H and O–H groups in total. The predicted octanol–water partition coefficient (Wildman–Crippen LogP) is 4.85. The number of halogens is 1. The van der Waals surface area contributed by atoms with E-state index in [9.17, 15) is 14.3 Å². The Hall–Kier alpha value is -3.45. The Kier molecular flexibility index (Phi) is 4.90. The highest BCUT2D eigenvalue weighted by atomic mass is 32.1. The van der Waals surface area contributed by atoms with E-state index >= 15 is 0 Å². The van der Waals surface area contributed by atoms with Crippen LogP contribution in [0.4, 0.5) is 15.8 Å². The number of thiocarbonyl (C=S) groups is 1. The van der Waals surface area contributed by atoms with Gasteiger partial charge in [0, 0.05) is 5.69 Å². The molecule has 1 amide bonds. The van der Waals surface area contributed by atoms with E-state index in [1.54, 1.807) is 48.2 Å². The van der Waals surface area contributed by atoms with Gasteiger partial charge in [-0.05, 0) is 91.9 Å². The molecule has 0 saturated carbocycles. The number of hydrogen-bond donors (Lipinski definition) is 1. The molecule has 1 aliphatic heterocycles. The van der Waals surface area contributed by atoms with Crippen LogP contribution >= 0.6 is 12.2 Å². The Morgan fingerprint density at radius 2 is 1.41 bits per heavy atom. The van der Waals surface area contributed by atoms with Gasteiger partial charge in [0.25, 0.3) is 5.91 Å². The fourth-order valence-corrected chi connectivity index (χ4v) is 3.61. The standard InChI is InChI=1S/C22H17FN2O3S/c1-14-21(27)25(17-4-8-18(26)9-5-17)22(29)24(14)16-6-12-20(13-7-16)28-19-10-2-15(23)3-11-19/h2-14,26H,1H3. The Morgan fingerprint density at radius 3 is 2.00 bits per heavy atom. The SMILES string of the molecule is CC1C(=O)N(c2ccc(O)cc2)C(=S)N1c1ccc(Oc2ccc(F)cc2)cc1. The number of benzene rings is 3. The molecule has 1 aliphatic rings. The largest absolute Gasteiger partial charge is 0.508 e. The van der Waals surface area contributed by atoms with Crippen molar-refractivity contribution in [1.29, 1.82) is 0 Å². The number of anilines is 2. The summed E-state index contributed by atoms with van der Waals surface area (Å²) in [5.41, 5.74) is 1.35. The van der Waals surface area contributed by atoms with E-state index in [4.69, 9.17) is 17.0 Å². The summed E-state index contributed by atoms with van der Waals surface area (Å²) < 4.78 is 18.7. The molecule has 1 fully saturated rings. The highest BCUT2D eigenvalue weighted by molar-refractivity contribution is 7.81. The Balaban J connectivity index is 1.56. The molecule has 3 aromatic carbocycles. The Morgan fingerprint density at radius 1 is 0.897 bits per heavy atom. The third-order valence-corrected chi connectivity index (χ3v) is 5.01. The minimum absolute atomic E-state index is 0.118. The van der Waals surface area contributed by atoms with E-state index < -0.39 is 6.04 Å². The average molecular weight is 408 g/mol. The maximum Gasteiger partial charge on any atom is 0.256 e. The Bertz CT molecular complexity index is 1050. The molecule has 1 saturated heterocycles. The van der Waals surface area contributed by atoms with Crippen molar-refractivity contribution < 1.29 is 19.0 Å². The molecule has 1 atom stereocenters. The van der Waals surface area contributed by atoms with Crippen LogP contribution in [0.25, 0.3) is 0 Å². The van der Waals surface area contributed by atoms with E-state index in [1.807, 2.05) is 12.1 Å². The molecule has 29 heavy (non-hydrogen) atoms. The zero-order valence-electron chi connectivity index (χ0n) is 15.4. The van der Waals surface area contributed by atoms with Crippen molar-refractivity contribution in [3.05, 3.63) is 78.6 Å². The summed E-state index contributed by atoms with van der Waals surface area (Å²) in [6, 6.07) is 18.8. The number of aromatic hydroxyl groups is 1. The topological polar surface area (TPSA) is 53.0 Å². The number of ether oxygens (including phenoxy) is 1. The number of phenolic OH excluding ortho intramolecular Hbond substituents is 1. The molecule has 0 radical (unpaired) electrons. The molecule has 3 aromatic rings. The second-order valence-corrected chi connectivity index (χ2v) is 6.93. The first kappa shape index (κ1) is 18.9. The van der Waals surface area contributed by atoms with Crippen molar-refractivity contribution in [2.75, 3.05) is 9.80 Å². The second kappa shape index (κ2) is 7.52. The molecule has 0 aliphatic carbocycles. The van der Waals surface area contributed by atoms with E-state index in [0.717, 1.165) is 5.69 Å². The summed E-state index contributed by atoms with van der Waals surface area (Å²) in [6.07, 6.45) is 0. The fraction of sp³-hybridized carbons (Fsp3) is 0.0909.